The molecule has 1 spiro atoms. The van der Waals surface area contributed by atoms with E-state index < -0.39 is 21.0 Å². The molecule has 0 bridgehead atoms. The Morgan fingerprint density at radius 2 is 0.957 bits per heavy atom. The van der Waals surface area contributed by atoms with Gasteiger partial charge in [-0.1, -0.05) is 152 Å². The second-order valence-corrected chi connectivity index (χ2v) is 25.7. The molecular weight excluding hydrogens is 901 g/mol. The third kappa shape index (κ3) is 27.3. The molecule has 3 fully saturated rings. The zero-order valence-corrected chi connectivity index (χ0v) is 47.5. The molecule has 69 heavy (non-hydrogen) atoms. The molecule has 402 valence electrons. The highest BCUT2D eigenvalue weighted by Gasteiger charge is 2.54. The largest absolute Gasteiger partial charge is 0.344 e. The van der Waals surface area contributed by atoms with Crippen LogP contribution in [-0.4, -0.2) is 83.3 Å². The Bertz CT molecular complexity index is 1460. The average molecular weight is 1010 g/mol. The van der Waals surface area contributed by atoms with E-state index in [-0.39, 0.29) is 18.2 Å². The maximum absolute atomic E-state index is 12.5. The van der Waals surface area contributed by atoms with Crippen LogP contribution in [0.1, 0.15) is 232 Å². The van der Waals surface area contributed by atoms with Gasteiger partial charge in [0, 0.05) is 53.0 Å². The van der Waals surface area contributed by atoms with Crippen LogP contribution >= 0.6 is 15.2 Å². The van der Waals surface area contributed by atoms with Crippen molar-refractivity contribution in [2.24, 2.45) is 11.3 Å². The van der Waals surface area contributed by atoms with Crippen molar-refractivity contribution in [3.63, 3.8) is 0 Å². The van der Waals surface area contributed by atoms with E-state index in [4.69, 9.17) is 27.6 Å². The lowest BCUT2D eigenvalue weighted by molar-refractivity contribution is -0.208. The summed E-state index contributed by atoms with van der Waals surface area (Å²) in [7, 11) is -1.08. The fourth-order valence-corrected chi connectivity index (χ4v) is 12.1. The molecule has 2 unspecified atom stereocenters. The Morgan fingerprint density at radius 3 is 1.42 bits per heavy atom. The Balaban J connectivity index is 1.51. The minimum Gasteiger partial charge on any atom is -0.344 e. The van der Waals surface area contributed by atoms with Crippen molar-refractivity contribution in [3.05, 3.63) is 48.6 Å². The lowest BCUT2D eigenvalue weighted by Gasteiger charge is -2.44. The van der Waals surface area contributed by atoms with Crippen molar-refractivity contribution in [3.8, 4) is 0 Å². The van der Waals surface area contributed by atoms with Crippen LogP contribution < -0.4 is 0 Å². The van der Waals surface area contributed by atoms with Gasteiger partial charge < -0.3 is 32.5 Å². The van der Waals surface area contributed by atoms with E-state index in [1.807, 2.05) is 0 Å². The number of likely N-dealkylation sites (N-methyl/N-ethyl adjacent to an activating group) is 1. The monoisotopic (exact) mass is 1010 g/mol. The predicted octanol–water partition coefficient (Wildman–Crippen LogP) is 17.9. The molecular formula is C58H107NO8P2. The molecule has 0 aromatic carbocycles. The van der Waals surface area contributed by atoms with Crippen LogP contribution in [0.2, 0.25) is 0 Å². The maximum atomic E-state index is 12.5. The number of ether oxygens (including phenoxy) is 2. The topological polar surface area (TPSA) is 92.8 Å². The number of allylic oxidation sites excluding steroid dienone is 8. The van der Waals surface area contributed by atoms with E-state index in [9.17, 15) is 9.13 Å². The smallest absolute Gasteiger partial charge is 0.327 e. The Kier molecular flexibility index (Phi) is 33.4. The number of unbranched alkanes of at least 4 members (excludes halogenated alkanes) is 18. The highest BCUT2D eigenvalue weighted by atomic mass is 31.2. The first kappa shape index (κ1) is 62.4. The fraction of sp³-hybridized carbons (Fsp3) is 0.862. The number of hydrogen-bond acceptors (Lipinski definition) is 9. The van der Waals surface area contributed by atoms with Gasteiger partial charge in [-0.3, -0.25) is 9.13 Å². The van der Waals surface area contributed by atoms with Gasteiger partial charge in [-0.05, 0) is 134 Å². The molecule has 0 amide bonds. The molecule has 3 aliphatic rings. The van der Waals surface area contributed by atoms with Crippen LogP contribution in [0.5, 0.6) is 0 Å². The van der Waals surface area contributed by atoms with Crippen LogP contribution in [0.4, 0.5) is 0 Å². The van der Waals surface area contributed by atoms with Crippen molar-refractivity contribution in [1.29, 1.82) is 0 Å². The third-order valence-electron chi connectivity index (χ3n) is 15.6. The Morgan fingerprint density at radius 1 is 0.536 bits per heavy atom. The van der Waals surface area contributed by atoms with Crippen LogP contribution in [0.15, 0.2) is 48.6 Å². The second-order valence-electron chi connectivity index (χ2n) is 21.4. The summed E-state index contributed by atoms with van der Waals surface area (Å²) in [5.74, 6) is -0.133. The minimum atomic E-state index is -3.06. The molecule has 11 heteroatoms. The zero-order chi connectivity index (χ0) is 49.9. The molecule has 6 atom stereocenters. The van der Waals surface area contributed by atoms with Crippen LogP contribution in [-0.2, 0) is 36.7 Å². The molecule has 9 nitrogen and oxygen atoms in total. The molecule has 0 N–H and O–H groups in total. The van der Waals surface area contributed by atoms with E-state index in [1.165, 1.54) is 194 Å². The van der Waals surface area contributed by atoms with Crippen molar-refractivity contribution >= 4 is 15.2 Å². The van der Waals surface area contributed by atoms with Crippen molar-refractivity contribution in [1.82, 2.24) is 4.90 Å². The first-order valence-corrected chi connectivity index (χ1v) is 32.6. The quantitative estimate of drug-likeness (QED) is 0.0337. The second kappa shape index (κ2) is 37.0. The van der Waals surface area contributed by atoms with E-state index in [2.05, 4.69) is 74.4 Å². The van der Waals surface area contributed by atoms with Crippen LogP contribution in [0.25, 0.3) is 0 Å². The molecule has 3 rings (SSSR count). The number of fused-ring (bicyclic) bond motifs is 1. The van der Waals surface area contributed by atoms with E-state index in [1.54, 1.807) is 0 Å². The lowest BCUT2D eigenvalue weighted by atomic mass is 9.66. The highest BCUT2D eigenvalue weighted by Crippen LogP contribution is 2.54. The first-order chi connectivity index (χ1) is 33.4. The number of rotatable bonds is 42. The molecule has 0 aromatic heterocycles. The normalized spacial score (nSPS) is 23.3. The van der Waals surface area contributed by atoms with E-state index >= 15 is 0 Å². The summed E-state index contributed by atoms with van der Waals surface area (Å²) in [6.07, 6.45) is 60.7. The van der Waals surface area contributed by atoms with Gasteiger partial charge in [0.15, 0.2) is 5.79 Å². The van der Waals surface area contributed by atoms with Crippen LogP contribution in [0.3, 0.4) is 0 Å². The van der Waals surface area contributed by atoms with Gasteiger partial charge in [-0.15, -0.1) is 0 Å². The Labute approximate surface area is 425 Å². The summed E-state index contributed by atoms with van der Waals surface area (Å²) in [5, 5.41) is 0. The SMILES string of the molecule is CCCCC/C=C\C/C=C\CCCCCCCCC1(CCCCCCCC/C=C\C/C=C\CCCCC)CCC2(CC1)O[C@H]1C[C@H](CCCOP(C)(=O)OC)[C@H](N(C)CCOP(C)(=O)OC)C[C@@H]1O2. The van der Waals surface area contributed by atoms with E-state index in [0.29, 0.717) is 31.1 Å². The van der Waals surface area contributed by atoms with Gasteiger partial charge in [0.25, 0.3) is 0 Å². The van der Waals surface area contributed by atoms with Crippen LogP contribution in [0, 0.1) is 11.3 Å². The third-order valence-corrected chi connectivity index (χ3v) is 18.3. The molecule has 0 radical (unpaired) electrons. The van der Waals surface area contributed by atoms with Gasteiger partial charge >= 0.3 is 15.2 Å². The molecule has 1 heterocycles. The summed E-state index contributed by atoms with van der Waals surface area (Å²) in [6.45, 7) is 8.95. The number of hydrogen-bond donors (Lipinski definition) is 0. The zero-order valence-electron chi connectivity index (χ0n) is 45.7. The van der Waals surface area contributed by atoms with Gasteiger partial charge in [0.05, 0.1) is 25.4 Å². The summed E-state index contributed by atoms with van der Waals surface area (Å²) < 4.78 is 60.6. The van der Waals surface area contributed by atoms with Gasteiger partial charge in [-0.25, -0.2) is 0 Å². The number of nitrogens with zero attached hydrogens (tertiary/aromatic N) is 1. The van der Waals surface area contributed by atoms with Crippen molar-refractivity contribution < 1.29 is 36.7 Å². The summed E-state index contributed by atoms with van der Waals surface area (Å²) in [5.41, 5.74) is 0.392. The molecule has 2 aliphatic carbocycles. The average Bonchev–Trinajstić information content (AvgIpc) is 3.69. The maximum Gasteiger partial charge on any atom is 0.327 e. The van der Waals surface area contributed by atoms with Gasteiger partial charge in [-0.2, -0.15) is 0 Å². The molecule has 0 aromatic rings. The molecule has 1 aliphatic heterocycles. The summed E-state index contributed by atoms with van der Waals surface area (Å²) in [4.78, 5) is 2.34. The summed E-state index contributed by atoms with van der Waals surface area (Å²) >= 11 is 0. The van der Waals surface area contributed by atoms with Gasteiger partial charge in [0.1, 0.15) is 0 Å². The highest BCUT2D eigenvalue weighted by molar-refractivity contribution is 7.53. The van der Waals surface area contributed by atoms with E-state index in [0.717, 1.165) is 51.4 Å². The van der Waals surface area contributed by atoms with Gasteiger partial charge in [0.2, 0.25) is 0 Å². The molecule has 1 saturated heterocycles. The predicted molar refractivity (Wildman–Crippen MR) is 293 cm³/mol. The standard InChI is InChI=1S/C58H107NO8P2/c1-8-10-12-14-16-18-20-22-24-26-28-30-32-34-36-38-42-57(43-39-37-35-33-31-29-27-25-23-21-19-17-15-13-11-9-2)44-46-58(47-45-57)66-55-51-53(41-40-49-64-68(6,60)62-4)54(52-56(55)67-58)59(3)48-50-65-69(7,61)63-5/h16-19,22-25,53-56H,8-15,20-21,26-52H2,1-7H3/b18-16-,19-17-,24-22-,25-23-/t53-,54+,55-,56-,68?,69?/m0/s1. The lowest BCUT2D eigenvalue weighted by Crippen LogP contribution is -2.49. The fourth-order valence-electron chi connectivity index (χ4n) is 11.1. The summed E-state index contributed by atoms with van der Waals surface area (Å²) in [6, 6.07) is 0.249. The van der Waals surface area contributed by atoms with Crippen molar-refractivity contribution in [2.45, 2.75) is 256 Å². The Hall–Kier alpha value is -0.860. The first-order valence-electron chi connectivity index (χ1n) is 28.6. The molecule has 2 saturated carbocycles. The van der Waals surface area contributed by atoms with Crippen molar-refractivity contribution in [2.75, 3.05) is 54.4 Å². The minimum absolute atomic E-state index is 0.0549.